The predicted octanol–water partition coefficient (Wildman–Crippen LogP) is 2.01. The number of fused-ring (bicyclic) bond motifs is 1. The molecule has 0 saturated heterocycles. The zero-order valence-electron chi connectivity index (χ0n) is 9.25. The van der Waals surface area contributed by atoms with Gasteiger partial charge in [0.2, 0.25) is 0 Å². The molecule has 0 spiro atoms. The van der Waals surface area contributed by atoms with E-state index in [-0.39, 0.29) is 0 Å². The fourth-order valence-electron chi connectivity index (χ4n) is 1.80. The topological polar surface area (TPSA) is 54.7 Å². The van der Waals surface area contributed by atoms with Gasteiger partial charge in [0.05, 0.1) is 11.0 Å². The van der Waals surface area contributed by atoms with Gasteiger partial charge < -0.3 is 10.7 Å². The second-order valence-corrected chi connectivity index (χ2v) is 4.22. The number of H-pyrrole nitrogens is 1. The molecule has 0 aliphatic carbocycles. The van der Waals surface area contributed by atoms with Crippen molar-refractivity contribution in [2.45, 2.75) is 20.3 Å². The van der Waals surface area contributed by atoms with Gasteiger partial charge in [-0.05, 0) is 43.5 Å². The van der Waals surface area contributed by atoms with Gasteiger partial charge in [-0.15, -0.1) is 0 Å². The van der Waals surface area contributed by atoms with Crippen LogP contribution < -0.4 is 5.73 Å². The minimum Gasteiger partial charge on any atom is -0.342 e. The average Bonchev–Trinajstić information content (AvgIpc) is 2.57. The summed E-state index contributed by atoms with van der Waals surface area (Å²) in [6.07, 6.45) is 1.03. The Hall–Kier alpha value is -1.35. The number of nitrogens with zero attached hydrogens (tertiary/aromatic N) is 1. The molecule has 0 radical (unpaired) electrons. The number of nitrogens with one attached hydrogen (secondary N) is 1. The normalized spacial score (nSPS) is 13.3. The molecule has 3 heteroatoms. The Labute approximate surface area is 89.7 Å². The summed E-state index contributed by atoms with van der Waals surface area (Å²) in [6, 6.07) is 6.37. The number of benzene rings is 1. The van der Waals surface area contributed by atoms with Gasteiger partial charge >= 0.3 is 0 Å². The van der Waals surface area contributed by atoms with E-state index in [9.17, 15) is 0 Å². The summed E-state index contributed by atoms with van der Waals surface area (Å²) in [7, 11) is 0. The molecule has 0 bridgehead atoms. The van der Waals surface area contributed by atoms with Crippen molar-refractivity contribution < 1.29 is 0 Å². The molecule has 2 aromatic rings. The highest BCUT2D eigenvalue weighted by Gasteiger charge is 2.04. The zero-order chi connectivity index (χ0) is 10.8. The lowest BCUT2D eigenvalue weighted by Gasteiger charge is -2.07. The second-order valence-electron chi connectivity index (χ2n) is 4.22. The Morgan fingerprint density at radius 1 is 1.47 bits per heavy atom. The van der Waals surface area contributed by atoms with Gasteiger partial charge in [0.15, 0.2) is 0 Å². The molecule has 3 nitrogen and oxygen atoms in total. The van der Waals surface area contributed by atoms with Crippen molar-refractivity contribution in [2.75, 3.05) is 6.54 Å². The molecular formula is C12H17N3. The van der Waals surface area contributed by atoms with Crippen LogP contribution in [-0.4, -0.2) is 16.5 Å². The summed E-state index contributed by atoms with van der Waals surface area (Å²) in [6.45, 7) is 4.88. The quantitative estimate of drug-likeness (QED) is 0.801. The predicted molar refractivity (Wildman–Crippen MR) is 62.8 cm³/mol. The van der Waals surface area contributed by atoms with Gasteiger partial charge in [0.25, 0.3) is 0 Å². The van der Waals surface area contributed by atoms with Gasteiger partial charge in [0, 0.05) is 0 Å². The van der Waals surface area contributed by atoms with E-state index in [1.807, 2.05) is 6.92 Å². The molecule has 1 aromatic carbocycles. The lowest BCUT2D eigenvalue weighted by molar-refractivity contribution is 0.593. The van der Waals surface area contributed by atoms with E-state index in [4.69, 9.17) is 5.73 Å². The second kappa shape index (κ2) is 4.03. The van der Waals surface area contributed by atoms with Crippen LogP contribution in [0.5, 0.6) is 0 Å². The van der Waals surface area contributed by atoms with Crippen LogP contribution in [0.15, 0.2) is 18.2 Å². The van der Waals surface area contributed by atoms with Gasteiger partial charge in [0.1, 0.15) is 5.82 Å². The third-order valence-corrected chi connectivity index (χ3v) is 2.65. The van der Waals surface area contributed by atoms with Crippen molar-refractivity contribution >= 4 is 11.0 Å². The minimum atomic E-state index is 0.534. The maximum atomic E-state index is 5.62. The van der Waals surface area contributed by atoms with E-state index in [2.05, 4.69) is 35.1 Å². The number of rotatable bonds is 3. The number of nitrogens with two attached hydrogens (primary N) is 1. The molecular weight excluding hydrogens is 186 g/mol. The third kappa shape index (κ3) is 2.18. The largest absolute Gasteiger partial charge is 0.342 e. The molecule has 0 amide bonds. The fourth-order valence-corrected chi connectivity index (χ4v) is 1.80. The lowest BCUT2D eigenvalue weighted by atomic mass is 10.0. The number of aromatic amines is 1. The van der Waals surface area contributed by atoms with Crippen LogP contribution in [0.1, 0.15) is 18.3 Å². The highest BCUT2D eigenvalue weighted by molar-refractivity contribution is 5.75. The molecule has 1 unspecified atom stereocenters. The zero-order valence-corrected chi connectivity index (χ0v) is 9.25. The third-order valence-electron chi connectivity index (χ3n) is 2.65. The SMILES string of the molecule is Cc1nc2ccc(CC(C)CN)cc2[nH]1. The summed E-state index contributed by atoms with van der Waals surface area (Å²) in [4.78, 5) is 7.62. The number of aromatic nitrogens is 2. The highest BCUT2D eigenvalue weighted by atomic mass is 14.9. The lowest BCUT2D eigenvalue weighted by Crippen LogP contribution is -2.12. The van der Waals surface area contributed by atoms with Gasteiger partial charge in [-0.25, -0.2) is 4.98 Å². The van der Waals surface area contributed by atoms with Crippen LogP contribution in [0.4, 0.5) is 0 Å². The van der Waals surface area contributed by atoms with Crippen molar-refractivity contribution in [1.82, 2.24) is 9.97 Å². The Balaban J connectivity index is 2.30. The van der Waals surface area contributed by atoms with E-state index < -0.39 is 0 Å². The summed E-state index contributed by atoms with van der Waals surface area (Å²) < 4.78 is 0. The minimum absolute atomic E-state index is 0.534. The summed E-state index contributed by atoms with van der Waals surface area (Å²) >= 11 is 0. The van der Waals surface area contributed by atoms with Crippen LogP contribution in [-0.2, 0) is 6.42 Å². The van der Waals surface area contributed by atoms with Crippen molar-refractivity contribution in [3.63, 3.8) is 0 Å². The van der Waals surface area contributed by atoms with Crippen molar-refractivity contribution in [3.05, 3.63) is 29.6 Å². The highest BCUT2D eigenvalue weighted by Crippen LogP contribution is 2.15. The smallest absolute Gasteiger partial charge is 0.104 e. The van der Waals surface area contributed by atoms with E-state index in [1.165, 1.54) is 5.56 Å². The monoisotopic (exact) mass is 203 g/mol. The van der Waals surface area contributed by atoms with Gasteiger partial charge in [-0.3, -0.25) is 0 Å². The Bertz CT molecular complexity index is 459. The molecule has 1 atom stereocenters. The van der Waals surface area contributed by atoms with Crippen molar-refractivity contribution in [3.8, 4) is 0 Å². The number of aryl methyl sites for hydroxylation is 1. The Morgan fingerprint density at radius 3 is 3.00 bits per heavy atom. The molecule has 80 valence electrons. The van der Waals surface area contributed by atoms with E-state index in [0.717, 1.165) is 29.8 Å². The number of hydrogen-bond donors (Lipinski definition) is 2. The first-order valence-corrected chi connectivity index (χ1v) is 5.34. The molecule has 0 aliphatic heterocycles. The van der Waals surface area contributed by atoms with Crippen LogP contribution in [0, 0.1) is 12.8 Å². The maximum absolute atomic E-state index is 5.62. The van der Waals surface area contributed by atoms with Crippen LogP contribution in [0.25, 0.3) is 11.0 Å². The fraction of sp³-hybridized carbons (Fsp3) is 0.417. The Kier molecular flexibility index (Phi) is 2.73. The summed E-state index contributed by atoms with van der Waals surface area (Å²) in [5, 5.41) is 0. The molecule has 0 aliphatic rings. The molecule has 15 heavy (non-hydrogen) atoms. The summed E-state index contributed by atoms with van der Waals surface area (Å²) in [5.41, 5.74) is 9.10. The average molecular weight is 203 g/mol. The molecule has 2 rings (SSSR count). The van der Waals surface area contributed by atoms with Crippen LogP contribution >= 0.6 is 0 Å². The van der Waals surface area contributed by atoms with E-state index in [0.29, 0.717) is 5.92 Å². The van der Waals surface area contributed by atoms with Crippen LogP contribution in [0.3, 0.4) is 0 Å². The first-order valence-electron chi connectivity index (χ1n) is 5.34. The molecule has 0 fully saturated rings. The number of hydrogen-bond acceptors (Lipinski definition) is 2. The standard InChI is InChI=1S/C12H17N3/c1-8(7-13)5-10-3-4-11-12(6-10)15-9(2)14-11/h3-4,6,8H,5,7,13H2,1-2H3,(H,14,15). The molecule has 0 saturated carbocycles. The van der Waals surface area contributed by atoms with Gasteiger partial charge in [-0.1, -0.05) is 13.0 Å². The van der Waals surface area contributed by atoms with Crippen molar-refractivity contribution in [2.24, 2.45) is 11.7 Å². The molecule has 1 heterocycles. The molecule has 1 aromatic heterocycles. The summed E-state index contributed by atoms with van der Waals surface area (Å²) in [5.74, 6) is 1.50. The van der Waals surface area contributed by atoms with Gasteiger partial charge in [-0.2, -0.15) is 0 Å². The number of imidazole rings is 1. The first kappa shape index (κ1) is 10.2. The first-order chi connectivity index (χ1) is 7.19. The van der Waals surface area contributed by atoms with E-state index >= 15 is 0 Å². The maximum Gasteiger partial charge on any atom is 0.104 e. The van der Waals surface area contributed by atoms with Crippen molar-refractivity contribution in [1.29, 1.82) is 0 Å². The van der Waals surface area contributed by atoms with Crippen LogP contribution in [0.2, 0.25) is 0 Å². The Morgan fingerprint density at radius 2 is 2.27 bits per heavy atom. The molecule has 3 N–H and O–H groups in total. The van der Waals surface area contributed by atoms with E-state index in [1.54, 1.807) is 0 Å².